The number of piperazine rings is 1. The zero-order valence-corrected chi connectivity index (χ0v) is 23.0. The first-order valence-corrected chi connectivity index (χ1v) is 13.7. The predicted molar refractivity (Wildman–Crippen MR) is 151 cm³/mol. The Morgan fingerprint density at radius 1 is 0.854 bits per heavy atom. The summed E-state index contributed by atoms with van der Waals surface area (Å²) >= 11 is 0. The van der Waals surface area contributed by atoms with E-state index in [2.05, 4.69) is 37.3 Å². The second-order valence-corrected chi connectivity index (χ2v) is 10.3. The second kappa shape index (κ2) is 12.5. The molecule has 1 aliphatic heterocycles. The molecule has 218 valence electrons. The van der Waals surface area contributed by atoms with Crippen LogP contribution in [0.1, 0.15) is 17.5 Å². The van der Waals surface area contributed by atoms with Gasteiger partial charge in [-0.15, -0.1) is 13.2 Å². The van der Waals surface area contributed by atoms with E-state index in [0.29, 0.717) is 24.4 Å². The van der Waals surface area contributed by atoms with Gasteiger partial charge in [0.1, 0.15) is 17.3 Å². The largest absolute Gasteiger partial charge is 0.573 e. The highest BCUT2D eigenvalue weighted by Crippen LogP contribution is 2.34. The van der Waals surface area contributed by atoms with Crippen LogP contribution in [0.4, 0.5) is 17.6 Å². The van der Waals surface area contributed by atoms with Crippen LogP contribution in [0.15, 0.2) is 66.9 Å². The first-order valence-electron chi connectivity index (χ1n) is 13.7. The Morgan fingerprint density at radius 3 is 2.20 bits per heavy atom. The molecule has 0 aliphatic carbocycles. The molecule has 1 saturated heterocycles. The van der Waals surface area contributed by atoms with E-state index in [1.165, 1.54) is 18.2 Å². The maximum absolute atomic E-state index is 14.3. The molecule has 0 atom stereocenters. The van der Waals surface area contributed by atoms with Gasteiger partial charge in [0, 0.05) is 74.0 Å². The fourth-order valence-corrected chi connectivity index (χ4v) is 5.36. The lowest BCUT2D eigenvalue weighted by atomic mass is 10.0. The molecule has 2 N–H and O–H groups in total. The summed E-state index contributed by atoms with van der Waals surface area (Å²) in [6.45, 7) is 5.98. The van der Waals surface area contributed by atoms with Crippen LogP contribution in [-0.2, 0) is 19.6 Å². The zero-order chi connectivity index (χ0) is 29.0. The third-order valence-electron chi connectivity index (χ3n) is 7.47. The molecule has 0 unspecified atom stereocenters. The van der Waals surface area contributed by atoms with Crippen LogP contribution in [0.5, 0.6) is 11.5 Å². The lowest BCUT2D eigenvalue weighted by Gasteiger charge is -2.34. The zero-order valence-electron chi connectivity index (χ0n) is 23.0. The van der Waals surface area contributed by atoms with Gasteiger partial charge in [-0.3, -0.25) is 9.80 Å². The number of aryl methyl sites for hydroxylation is 1. The molecule has 0 saturated carbocycles. The Labute approximate surface area is 236 Å². The summed E-state index contributed by atoms with van der Waals surface area (Å²) in [6.07, 6.45) is -1.88. The third-order valence-corrected chi connectivity index (χ3v) is 7.47. The average molecular weight is 571 g/mol. The predicted octanol–water partition coefficient (Wildman–Crippen LogP) is 6.02. The minimum absolute atomic E-state index is 0.224. The van der Waals surface area contributed by atoms with E-state index in [-0.39, 0.29) is 11.6 Å². The highest BCUT2D eigenvalue weighted by molar-refractivity contribution is 5.96. The number of ether oxygens (including phenoxy) is 2. The van der Waals surface area contributed by atoms with Crippen LogP contribution in [0.3, 0.4) is 0 Å². The van der Waals surface area contributed by atoms with Crippen molar-refractivity contribution in [2.45, 2.75) is 32.4 Å². The molecule has 6 nitrogen and oxygen atoms in total. The Bertz CT molecular complexity index is 1460. The Morgan fingerprint density at radius 2 is 1.54 bits per heavy atom. The van der Waals surface area contributed by atoms with Crippen molar-refractivity contribution in [3.8, 4) is 22.6 Å². The van der Waals surface area contributed by atoms with E-state index in [1.54, 1.807) is 31.4 Å². The minimum atomic E-state index is -4.73. The maximum atomic E-state index is 14.3. The molecule has 5 rings (SSSR count). The molecule has 0 spiro atoms. The van der Waals surface area contributed by atoms with E-state index < -0.39 is 6.36 Å². The summed E-state index contributed by atoms with van der Waals surface area (Å²) < 4.78 is 63.7. The number of benzene rings is 3. The number of halogens is 4. The smallest absolute Gasteiger partial charge is 0.497 e. The number of aromatic nitrogens is 1. The van der Waals surface area contributed by atoms with Gasteiger partial charge in [-0.05, 0) is 66.6 Å². The summed E-state index contributed by atoms with van der Waals surface area (Å²) in [5.41, 5.74) is 10.4. The van der Waals surface area contributed by atoms with E-state index in [9.17, 15) is 17.6 Å². The summed E-state index contributed by atoms with van der Waals surface area (Å²) in [7, 11) is 1.58. The molecule has 3 aromatic carbocycles. The number of fused-ring (bicyclic) bond motifs is 1. The summed E-state index contributed by atoms with van der Waals surface area (Å²) in [5, 5.41) is 1.04. The van der Waals surface area contributed by atoms with Gasteiger partial charge in [0.2, 0.25) is 0 Å². The van der Waals surface area contributed by atoms with Crippen molar-refractivity contribution in [3.05, 3.63) is 83.8 Å². The standard InChI is InChI=1S/C31H34F4N4O2/c1-40-26-8-9-29(32)24(18-26)20-38-15-13-37(14-16-38)19-22-3-10-30-27(17-22)28(21-39(30)12-2-11-36)23-4-6-25(7-5-23)41-31(33,34)35/h3-10,17-18,21H,2,11-16,19-20,36H2,1H3. The van der Waals surface area contributed by atoms with Gasteiger partial charge in [0.05, 0.1) is 7.11 Å². The SMILES string of the molecule is COc1ccc(F)c(CN2CCN(Cc3ccc4c(c3)c(-c3ccc(OC(F)(F)F)cc3)cn4CCCN)CC2)c1. The van der Waals surface area contributed by atoms with Gasteiger partial charge < -0.3 is 19.8 Å². The van der Waals surface area contributed by atoms with Crippen LogP contribution in [0, 0.1) is 5.82 Å². The number of nitrogens with zero attached hydrogens (tertiary/aromatic N) is 3. The molecule has 0 bridgehead atoms. The number of methoxy groups -OCH3 is 1. The molecule has 0 amide bonds. The number of nitrogens with two attached hydrogens (primary N) is 1. The van der Waals surface area contributed by atoms with Crippen molar-refractivity contribution in [2.24, 2.45) is 5.73 Å². The normalized spacial score (nSPS) is 15.0. The molecule has 2 heterocycles. The van der Waals surface area contributed by atoms with E-state index in [1.807, 2.05) is 6.20 Å². The molecule has 10 heteroatoms. The van der Waals surface area contributed by atoms with E-state index >= 15 is 0 Å². The first-order chi connectivity index (χ1) is 19.7. The monoisotopic (exact) mass is 570 g/mol. The fourth-order valence-electron chi connectivity index (χ4n) is 5.36. The first kappa shape index (κ1) is 28.9. The highest BCUT2D eigenvalue weighted by atomic mass is 19.4. The maximum Gasteiger partial charge on any atom is 0.573 e. The molecule has 4 aromatic rings. The van der Waals surface area contributed by atoms with Crippen LogP contribution in [0.2, 0.25) is 0 Å². The topological polar surface area (TPSA) is 55.9 Å². The lowest BCUT2D eigenvalue weighted by molar-refractivity contribution is -0.274. The van der Waals surface area contributed by atoms with Gasteiger partial charge in [0.25, 0.3) is 0 Å². The Kier molecular flexibility index (Phi) is 8.82. The average Bonchev–Trinajstić information content (AvgIpc) is 3.31. The molecule has 1 aliphatic rings. The van der Waals surface area contributed by atoms with Crippen molar-refractivity contribution in [1.82, 2.24) is 14.4 Å². The van der Waals surface area contributed by atoms with Crippen molar-refractivity contribution >= 4 is 10.9 Å². The van der Waals surface area contributed by atoms with Crippen LogP contribution >= 0.6 is 0 Å². The van der Waals surface area contributed by atoms with Crippen LogP contribution in [-0.4, -0.2) is 60.6 Å². The summed E-state index contributed by atoms with van der Waals surface area (Å²) in [4.78, 5) is 4.63. The Balaban J connectivity index is 1.30. The highest BCUT2D eigenvalue weighted by Gasteiger charge is 2.31. The molecule has 1 fully saturated rings. The van der Waals surface area contributed by atoms with Crippen molar-refractivity contribution in [2.75, 3.05) is 39.8 Å². The van der Waals surface area contributed by atoms with Gasteiger partial charge >= 0.3 is 6.36 Å². The summed E-state index contributed by atoms with van der Waals surface area (Å²) in [5.74, 6) is 0.178. The second-order valence-electron chi connectivity index (χ2n) is 10.3. The van der Waals surface area contributed by atoms with Crippen molar-refractivity contribution in [1.29, 1.82) is 0 Å². The lowest BCUT2D eigenvalue weighted by Crippen LogP contribution is -2.45. The molecule has 41 heavy (non-hydrogen) atoms. The fraction of sp³-hybridized carbons (Fsp3) is 0.355. The van der Waals surface area contributed by atoms with E-state index in [0.717, 1.165) is 73.3 Å². The number of hydrogen-bond acceptors (Lipinski definition) is 5. The van der Waals surface area contributed by atoms with E-state index in [4.69, 9.17) is 10.5 Å². The van der Waals surface area contributed by atoms with Crippen LogP contribution in [0.25, 0.3) is 22.0 Å². The van der Waals surface area contributed by atoms with Crippen molar-refractivity contribution in [3.63, 3.8) is 0 Å². The third kappa shape index (κ3) is 7.19. The quantitative estimate of drug-likeness (QED) is 0.236. The number of alkyl halides is 3. The molecular formula is C31H34F4N4O2. The van der Waals surface area contributed by atoms with Gasteiger partial charge in [-0.1, -0.05) is 18.2 Å². The molecular weight excluding hydrogens is 536 g/mol. The molecule has 1 aromatic heterocycles. The van der Waals surface area contributed by atoms with Gasteiger partial charge in [-0.25, -0.2) is 4.39 Å². The minimum Gasteiger partial charge on any atom is -0.497 e. The number of hydrogen-bond donors (Lipinski definition) is 1. The number of rotatable bonds is 10. The van der Waals surface area contributed by atoms with Gasteiger partial charge in [0.15, 0.2) is 0 Å². The van der Waals surface area contributed by atoms with Crippen molar-refractivity contribution < 1.29 is 27.0 Å². The molecule has 0 radical (unpaired) electrons. The Hall–Kier alpha value is -3.60. The summed E-state index contributed by atoms with van der Waals surface area (Å²) in [6, 6.07) is 17.2. The van der Waals surface area contributed by atoms with Gasteiger partial charge in [-0.2, -0.15) is 0 Å². The van der Waals surface area contributed by atoms with Crippen LogP contribution < -0.4 is 15.2 Å².